The average molecular weight is 392 g/mol. The van der Waals surface area contributed by atoms with E-state index in [1.807, 2.05) is 30.3 Å². The van der Waals surface area contributed by atoms with Crippen molar-refractivity contribution in [3.8, 4) is 11.5 Å². The fraction of sp³-hybridized carbons (Fsp3) is 0.316. The molecule has 0 radical (unpaired) electrons. The fourth-order valence-corrected chi connectivity index (χ4v) is 2.96. The maximum atomic E-state index is 13.4. The van der Waals surface area contributed by atoms with Crippen LogP contribution in [-0.4, -0.2) is 41.9 Å². The topological polar surface area (TPSA) is 81.9 Å². The van der Waals surface area contributed by atoms with Crippen LogP contribution in [0.25, 0.3) is 0 Å². The minimum atomic E-state index is -2.99. The van der Waals surface area contributed by atoms with Gasteiger partial charge in [-0.05, 0) is 5.56 Å². The second-order valence-electron chi connectivity index (χ2n) is 6.38. The molecule has 0 aliphatic carbocycles. The fourth-order valence-electron chi connectivity index (χ4n) is 2.96. The molecule has 2 aromatic carbocycles. The number of rotatable bonds is 6. The van der Waals surface area contributed by atoms with E-state index in [0.29, 0.717) is 0 Å². The van der Waals surface area contributed by atoms with Gasteiger partial charge in [0.2, 0.25) is 0 Å². The summed E-state index contributed by atoms with van der Waals surface area (Å²) in [6, 6.07) is 11.4. The van der Waals surface area contributed by atoms with E-state index in [9.17, 15) is 23.7 Å². The Hall–Kier alpha value is -3.23. The van der Waals surface area contributed by atoms with Crippen LogP contribution < -0.4 is 9.47 Å². The molecular weight excluding hydrogens is 374 g/mol. The normalized spacial score (nSPS) is 15.3. The first-order valence-electron chi connectivity index (χ1n) is 8.51. The average Bonchev–Trinajstić information content (AvgIpc) is 3.05. The number of carbonyl (C=O) groups excluding carboxylic acids is 1. The third kappa shape index (κ3) is 4.19. The number of likely N-dealkylation sites (tertiary alicyclic amines) is 1. The van der Waals surface area contributed by atoms with Gasteiger partial charge in [0.15, 0.2) is 11.5 Å². The Labute approximate surface area is 159 Å². The van der Waals surface area contributed by atoms with E-state index >= 15 is 0 Å². The maximum Gasteiger partial charge on any atom is 0.286 e. The van der Waals surface area contributed by atoms with Gasteiger partial charge in [-0.3, -0.25) is 14.9 Å². The summed E-state index contributed by atoms with van der Waals surface area (Å²) < 4.78 is 37.7. The maximum absolute atomic E-state index is 13.4. The molecule has 1 aliphatic heterocycles. The van der Waals surface area contributed by atoms with Crippen LogP contribution in [0.1, 0.15) is 22.3 Å². The van der Waals surface area contributed by atoms with Crippen molar-refractivity contribution < 1.29 is 28.0 Å². The van der Waals surface area contributed by atoms with E-state index in [2.05, 4.69) is 0 Å². The molecule has 0 N–H and O–H groups in total. The Morgan fingerprint density at radius 1 is 1.25 bits per heavy atom. The molecule has 9 heteroatoms. The molecule has 0 bridgehead atoms. The Balaban J connectivity index is 1.91. The van der Waals surface area contributed by atoms with Crippen LogP contribution in [0.4, 0.5) is 14.5 Å². The lowest BCUT2D eigenvalue weighted by Gasteiger charge is -2.18. The van der Waals surface area contributed by atoms with E-state index in [-0.39, 0.29) is 30.2 Å². The van der Waals surface area contributed by atoms with E-state index in [0.717, 1.165) is 22.6 Å². The van der Waals surface area contributed by atoms with Gasteiger partial charge in [0, 0.05) is 19.0 Å². The van der Waals surface area contributed by atoms with Gasteiger partial charge in [0.05, 0.1) is 24.6 Å². The van der Waals surface area contributed by atoms with Crippen molar-refractivity contribution in [3.05, 3.63) is 63.7 Å². The Bertz CT molecular complexity index is 889. The van der Waals surface area contributed by atoms with Crippen LogP contribution in [0.5, 0.6) is 11.5 Å². The molecule has 0 spiro atoms. The van der Waals surface area contributed by atoms with Gasteiger partial charge in [-0.25, -0.2) is 8.78 Å². The van der Waals surface area contributed by atoms with Crippen molar-refractivity contribution in [3.63, 3.8) is 0 Å². The van der Waals surface area contributed by atoms with Gasteiger partial charge >= 0.3 is 0 Å². The minimum absolute atomic E-state index is 0.0846. The summed E-state index contributed by atoms with van der Waals surface area (Å²) in [5, 5.41) is 11.5. The molecule has 1 aliphatic rings. The van der Waals surface area contributed by atoms with Crippen molar-refractivity contribution in [2.24, 2.45) is 0 Å². The number of amides is 1. The zero-order chi connectivity index (χ0) is 20.3. The van der Waals surface area contributed by atoms with E-state index in [4.69, 9.17) is 9.47 Å². The molecule has 28 heavy (non-hydrogen) atoms. The lowest BCUT2D eigenvalue weighted by Crippen LogP contribution is -2.31. The molecular formula is C19H18F2N2O5. The second kappa shape index (κ2) is 7.79. The van der Waals surface area contributed by atoms with Crippen LogP contribution in [0.15, 0.2) is 42.5 Å². The van der Waals surface area contributed by atoms with Gasteiger partial charge in [0.1, 0.15) is 12.2 Å². The molecule has 0 aromatic heterocycles. The number of hydrogen-bond donors (Lipinski definition) is 0. The van der Waals surface area contributed by atoms with E-state index in [1.54, 1.807) is 0 Å². The minimum Gasteiger partial charge on any atom is -0.493 e. The van der Waals surface area contributed by atoms with Crippen molar-refractivity contribution in [2.45, 2.75) is 19.0 Å². The van der Waals surface area contributed by atoms with E-state index < -0.39 is 35.4 Å². The molecule has 7 nitrogen and oxygen atoms in total. The quantitative estimate of drug-likeness (QED) is 0.554. The summed E-state index contributed by atoms with van der Waals surface area (Å²) in [6.45, 7) is -0.797. The standard InChI is InChI=1S/C19H18F2N2O5/c1-27-16-9-14(18(24)22-8-7-19(20,21)12-22)15(23(25)26)10-17(16)28-11-13-5-3-2-4-6-13/h2-6,9-10H,7-8,11-12H2,1H3. The highest BCUT2D eigenvalue weighted by Crippen LogP contribution is 2.37. The molecule has 3 rings (SSSR count). The lowest BCUT2D eigenvalue weighted by atomic mass is 10.1. The molecule has 2 aromatic rings. The Kier molecular flexibility index (Phi) is 5.43. The molecule has 1 fully saturated rings. The smallest absolute Gasteiger partial charge is 0.286 e. The van der Waals surface area contributed by atoms with Crippen molar-refractivity contribution in [2.75, 3.05) is 20.2 Å². The van der Waals surface area contributed by atoms with Crippen molar-refractivity contribution >= 4 is 11.6 Å². The number of ether oxygens (including phenoxy) is 2. The van der Waals surface area contributed by atoms with Crippen LogP contribution in [-0.2, 0) is 6.61 Å². The molecule has 1 saturated heterocycles. The second-order valence-corrected chi connectivity index (χ2v) is 6.38. The predicted molar refractivity (Wildman–Crippen MR) is 95.9 cm³/mol. The van der Waals surface area contributed by atoms with Crippen molar-refractivity contribution in [1.29, 1.82) is 0 Å². The van der Waals surface area contributed by atoms with Crippen LogP contribution in [0.3, 0.4) is 0 Å². The molecule has 1 amide bonds. The van der Waals surface area contributed by atoms with Crippen LogP contribution in [0, 0.1) is 10.1 Å². The van der Waals surface area contributed by atoms with Gasteiger partial charge in [0.25, 0.3) is 17.5 Å². The molecule has 0 saturated carbocycles. The summed E-state index contributed by atoms with van der Waals surface area (Å²) >= 11 is 0. The van der Waals surface area contributed by atoms with E-state index in [1.165, 1.54) is 7.11 Å². The molecule has 0 atom stereocenters. The number of carbonyl (C=O) groups is 1. The number of methoxy groups -OCH3 is 1. The highest BCUT2D eigenvalue weighted by atomic mass is 19.3. The monoisotopic (exact) mass is 392 g/mol. The van der Waals surface area contributed by atoms with Crippen LogP contribution >= 0.6 is 0 Å². The first-order chi connectivity index (χ1) is 13.3. The number of nitro benzene ring substituents is 1. The summed E-state index contributed by atoms with van der Waals surface area (Å²) in [5.41, 5.74) is 0.00217. The third-order valence-electron chi connectivity index (χ3n) is 4.40. The molecule has 148 valence electrons. The number of hydrogen-bond acceptors (Lipinski definition) is 5. The molecule has 1 heterocycles. The third-order valence-corrected chi connectivity index (χ3v) is 4.40. The van der Waals surface area contributed by atoms with Gasteiger partial charge < -0.3 is 14.4 Å². The number of alkyl halides is 2. The Morgan fingerprint density at radius 3 is 2.54 bits per heavy atom. The predicted octanol–water partition coefficient (Wildman–Crippen LogP) is 3.66. The SMILES string of the molecule is COc1cc(C(=O)N2CCC(F)(F)C2)c([N+](=O)[O-])cc1OCc1ccccc1. The first-order valence-corrected chi connectivity index (χ1v) is 8.51. The highest BCUT2D eigenvalue weighted by Gasteiger charge is 2.42. The summed E-state index contributed by atoms with van der Waals surface area (Å²) in [7, 11) is 1.33. The highest BCUT2D eigenvalue weighted by molar-refractivity contribution is 5.99. The van der Waals surface area contributed by atoms with Gasteiger partial charge in [-0.2, -0.15) is 0 Å². The Morgan fingerprint density at radius 2 is 1.96 bits per heavy atom. The van der Waals surface area contributed by atoms with Crippen LogP contribution in [0.2, 0.25) is 0 Å². The summed E-state index contributed by atoms with van der Waals surface area (Å²) in [6.07, 6.45) is -0.470. The lowest BCUT2D eigenvalue weighted by molar-refractivity contribution is -0.385. The zero-order valence-corrected chi connectivity index (χ0v) is 15.1. The first kappa shape index (κ1) is 19.5. The number of nitrogens with zero attached hydrogens (tertiary/aromatic N) is 2. The largest absolute Gasteiger partial charge is 0.493 e. The van der Waals surface area contributed by atoms with Gasteiger partial charge in [-0.15, -0.1) is 0 Å². The zero-order valence-electron chi connectivity index (χ0n) is 15.1. The molecule has 0 unspecified atom stereocenters. The van der Waals surface area contributed by atoms with Gasteiger partial charge in [-0.1, -0.05) is 30.3 Å². The number of nitro groups is 1. The number of halogens is 2. The summed E-state index contributed by atoms with van der Waals surface area (Å²) in [5.74, 6) is -3.64. The van der Waals surface area contributed by atoms with Crippen molar-refractivity contribution in [1.82, 2.24) is 4.90 Å². The summed E-state index contributed by atoms with van der Waals surface area (Å²) in [4.78, 5) is 24.3. The number of benzene rings is 2.